The topological polar surface area (TPSA) is 41.6 Å². The van der Waals surface area contributed by atoms with E-state index in [4.69, 9.17) is 4.74 Å². The fourth-order valence-corrected chi connectivity index (χ4v) is 3.40. The smallest absolute Gasteiger partial charge is 0.318 e. The molecule has 0 saturated carbocycles. The third kappa shape index (κ3) is 2.77. The molecule has 118 valence electrons. The van der Waals surface area contributed by atoms with Crippen molar-refractivity contribution in [1.29, 1.82) is 0 Å². The zero-order chi connectivity index (χ0) is 15.6. The maximum absolute atomic E-state index is 12.7. The number of carbonyl (C=O) groups is 1. The predicted molar refractivity (Wildman–Crippen MR) is 88.4 cm³/mol. The van der Waals surface area contributed by atoms with Gasteiger partial charge in [-0.25, -0.2) is 4.79 Å². The van der Waals surface area contributed by atoms with E-state index >= 15 is 0 Å². The van der Waals surface area contributed by atoms with Crippen molar-refractivity contribution in [3.8, 4) is 5.75 Å². The summed E-state index contributed by atoms with van der Waals surface area (Å²) in [4.78, 5) is 14.6. The first kappa shape index (κ1) is 14.1. The van der Waals surface area contributed by atoms with E-state index in [0.717, 1.165) is 30.7 Å². The molecule has 2 aliphatic heterocycles. The largest absolute Gasteiger partial charge is 0.491 e. The van der Waals surface area contributed by atoms with Gasteiger partial charge >= 0.3 is 6.03 Å². The molecule has 0 aliphatic carbocycles. The van der Waals surface area contributed by atoms with E-state index in [1.807, 2.05) is 35.2 Å². The van der Waals surface area contributed by atoms with Crippen LogP contribution in [0.1, 0.15) is 29.2 Å². The Morgan fingerprint density at radius 3 is 2.78 bits per heavy atom. The van der Waals surface area contributed by atoms with Crippen LogP contribution in [0.15, 0.2) is 48.5 Å². The summed E-state index contributed by atoms with van der Waals surface area (Å²) >= 11 is 0. The average molecular weight is 308 g/mol. The van der Waals surface area contributed by atoms with Gasteiger partial charge in [-0.05, 0) is 30.0 Å². The van der Waals surface area contributed by atoms with Gasteiger partial charge in [-0.15, -0.1) is 0 Å². The lowest BCUT2D eigenvalue weighted by atomic mass is 10.0. The van der Waals surface area contributed by atoms with Crippen LogP contribution in [0.25, 0.3) is 0 Å². The first-order chi connectivity index (χ1) is 11.3. The normalized spacial score (nSPS) is 19.3. The van der Waals surface area contributed by atoms with Crippen LogP contribution in [0.5, 0.6) is 5.75 Å². The van der Waals surface area contributed by atoms with Gasteiger partial charge in [0, 0.05) is 18.7 Å². The molecule has 4 heteroatoms. The first-order valence-electron chi connectivity index (χ1n) is 8.15. The Morgan fingerprint density at radius 1 is 1.09 bits per heavy atom. The van der Waals surface area contributed by atoms with Crippen molar-refractivity contribution in [2.24, 2.45) is 0 Å². The van der Waals surface area contributed by atoms with Crippen molar-refractivity contribution in [2.75, 3.05) is 13.2 Å². The molecule has 0 radical (unpaired) electrons. The summed E-state index contributed by atoms with van der Waals surface area (Å²) in [5.74, 6) is 0.874. The monoisotopic (exact) mass is 308 g/mol. The molecule has 4 rings (SSSR count). The third-order valence-corrected chi connectivity index (χ3v) is 4.64. The maximum Gasteiger partial charge on any atom is 0.318 e. The molecular weight excluding hydrogens is 288 g/mol. The minimum Gasteiger partial charge on any atom is -0.491 e. The van der Waals surface area contributed by atoms with Crippen LogP contribution in [0.4, 0.5) is 4.79 Å². The van der Waals surface area contributed by atoms with Crippen LogP contribution < -0.4 is 10.1 Å². The number of para-hydroxylation sites is 1. The number of rotatable bonds is 1. The zero-order valence-corrected chi connectivity index (χ0v) is 13.0. The van der Waals surface area contributed by atoms with E-state index in [9.17, 15) is 4.79 Å². The fourth-order valence-electron chi connectivity index (χ4n) is 3.40. The second kappa shape index (κ2) is 5.95. The van der Waals surface area contributed by atoms with Gasteiger partial charge in [-0.2, -0.15) is 0 Å². The molecule has 0 spiro atoms. The minimum absolute atomic E-state index is 0.00740. The summed E-state index contributed by atoms with van der Waals surface area (Å²) in [5, 5.41) is 3.13. The number of nitrogens with zero attached hydrogens (tertiary/aromatic N) is 1. The molecule has 2 aromatic carbocycles. The van der Waals surface area contributed by atoms with Crippen LogP contribution in [-0.4, -0.2) is 24.1 Å². The van der Waals surface area contributed by atoms with Crippen molar-refractivity contribution in [3.63, 3.8) is 0 Å². The van der Waals surface area contributed by atoms with E-state index in [0.29, 0.717) is 13.2 Å². The standard InChI is InChI=1S/C19H20N2O2/c22-19(20-17-13-23-18-10-4-3-9-16(17)18)21-11-5-8-14-6-1-2-7-15(14)12-21/h1-4,6-7,9-10,17H,5,8,11-13H2,(H,20,22). The highest BCUT2D eigenvalue weighted by molar-refractivity contribution is 5.75. The number of fused-ring (bicyclic) bond motifs is 2. The van der Waals surface area contributed by atoms with E-state index in [1.165, 1.54) is 11.1 Å². The number of hydrogen-bond donors (Lipinski definition) is 1. The van der Waals surface area contributed by atoms with Crippen LogP contribution in [0.2, 0.25) is 0 Å². The van der Waals surface area contributed by atoms with Gasteiger partial charge in [-0.3, -0.25) is 0 Å². The summed E-state index contributed by atoms with van der Waals surface area (Å²) in [6.45, 7) is 1.97. The third-order valence-electron chi connectivity index (χ3n) is 4.64. The van der Waals surface area contributed by atoms with Crippen molar-refractivity contribution in [1.82, 2.24) is 10.2 Å². The van der Waals surface area contributed by atoms with Gasteiger partial charge in [0.1, 0.15) is 12.4 Å². The van der Waals surface area contributed by atoms with Gasteiger partial charge in [0.25, 0.3) is 0 Å². The number of benzene rings is 2. The molecule has 1 unspecified atom stereocenters. The SMILES string of the molecule is O=C(NC1COc2ccccc21)N1CCCc2ccccc2C1. The van der Waals surface area contributed by atoms with Crippen LogP contribution in [0.3, 0.4) is 0 Å². The number of aryl methyl sites for hydroxylation is 1. The molecule has 4 nitrogen and oxygen atoms in total. The molecule has 2 aliphatic rings. The molecule has 0 bridgehead atoms. The lowest BCUT2D eigenvalue weighted by Gasteiger charge is -2.23. The minimum atomic E-state index is -0.0582. The number of nitrogens with one attached hydrogen (secondary N) is 1. The molecule has 0 aromatic heterocycles. The Bertz CT molecular complexity index is 729. The van der Waals surface area contributed by atoms with E-state index in [1.54, 1.807) is 0 Å². The summed E-state index contributed by atoms with van der Waals surface area (Å²) in [6.07, 6.45) is 2.04. The summed E-state index contributed by atoms with van der Waals surface area (Å²) < 4.78 is 5.65. The number of urea groups is 1. The first-order valence-corrected chi connectivity index (χ1v) is 8.15. The van der Waals surface area contributed by atoms with Crippen LogP contribution in [0, 0.1) is 0 Å². The summed E-state index contributed by atoms with van der Waals surface area (Å²) in [6, 6.07) is 16.2. The van der Waals surface area contributed by atoms with Gasteiger partial charge < -0.3 is 15.0 Å². The Labute approximate surface area is 136 Å². The second-order valence-corrected chi connectivity index (χ2v) is 6.14. The Balaban J connectivity index is 1.48. The lowest BCUT2D eigenvalue weighted by molar-refractivity contribution is 0.188. The molecule has 2 aromatic rings. The van der Waals surface area contributed by atoms with Crippen molar-refractivity contribution < 1.29 is 9.53 Å². The molecular formula is C19H20N2O2. The Kier molecular flexibility index (Phi) is 3.66. The van der Waals surface area contributed by atoms with Crippen molar-refractivity contribution >= 4 is 6.03 Å². The average Bonchev–Trinajstić information content (AvgIpc) is 2.85. The summed E-state index contributed by atoms with van der Waals surface area (Å²) in [7, 11) is 0. The highest BCUT2D eigenvalue weighted by Crippen LogP contribution is 2.31. The molecule has 0 saturated heterocycles. The molecule has 0 fully saturated rings. The molecule has 2 amide bonds. The van der Waals surface area contributed by atoms with Crippen molar-refractivity contribution in [3.05, 3.63) is 65.2 Å². The Morgan fingerprint density at radius 2 is 1.87 bits per heavy atom. The van der Waals surface area contributed by atoms with E-state index in [-0.39, 0.29) is 12.1 Å². The highest BCUT2D eigenvalue weighted by atomic mass is 16.5. The molecule has 23 heavy (non-hydrogen) atoms. The quantitative estimate of drug-likeness (QED) is 0.878. The molecule has 2 heterocycles. The second-order valence-electron chi connectivity index (χ2n) is 6.14. The van der Waals surface area contributed by atoms with Gasteiger partial charge in [0.2, 0.25) is 0 Å². The lowest BCUT2D eigenvalue weighted by Crippen LogP contribution is -2.41. The number of carbonyl (C=O) groups excluding carboxylic acids is 1. The molecule has 1 N–H and O–H groups in total. The number of amides is 2. The van der Waals surface area contributed by atoms with Gasteiger partial charge in [-0.1, -0.05) is 42.5 Å². The van der Waals surface area contributed by atoms with E-state index in [2.05, 4.69) is 23.5 Å². The van der Waals surface area contributed by atoms with E-state index < -0.39 is 0 Å². The van der Waals surface area contributed by atoms with Gasteiger partial charge in [0.15, 0.2) is 0 Å². The predicted octanol–water partition coefficient (Wildman–Crippen LogP) is 3.28. The Hall–Kier alpha value is -2.49. The maximum atomic E-state index is 12.7. The highest BCUT2D eigenvalue weighted by Gasteiger charge is 2.27. The van der Waals surface area contributed by atoms with Gasteiger partial charge in [0.05, 0.1) is 6.04 Å². The molecule has 1 atom stereocenters. The summed E-state index contributed by atoms with van der Waals surface area (Å²) in [5.41, 5.74) is 3.68. The number of ether oxygens (including phenoxy) is 1. The van der Waals surface area contributed by atoms with Crippen molar-refractivity contribution in [2.45, 2.75) is 25.4 Å². The number of hydrogen-bond acceptors (Lipinski definition) is 2. The zero-order valence-electron chi connectivity index (χ0n) is 13.0. The fraction of sp³-hybridized carbons (Fsp3) is 0.316. The van der Waals surface area contributed by atoms with Crippen LogP contribution >= 0.6 is 0 Å². The van der Waals surface area contributed by atoms with Crippen LogP contribution in [-0.2, 0) is 13.0 Å².